The molecule has 5 nitrogen and oxygen atoms in total. The van der Waals surface area contributed by atoms with Crippen LogP contribution in [-0.4, -0.2) is 46.9 Å². The number of aryl methyl sites for hydroxylation is 1. The largest absolute Gasteiger partial charge is 0.380 e. The van der Waals surface area contributed by atoms with Crippen LogP contribution >= 0.6 is 0 Å². The summed E-state index contributed by atoms with van der Waals surface area (Å²) >= 11 is 0. The molecule has 2 saturated carbocycles. The van der Waals surface area contributed by atoms with Gasteiger partial charge in [-0.2, -0.15) is 5.10 Å². The first kappa shape index (κ1) is 15.2. The summed E-state index contributed by atoms with van der Waals surface area (Å²) < 4.78 is 7.25. The Morgan fingerprint density at radius 1 is 1.30 bits per heavy atom. The average Bonchev–Trinajstić information content (AvgIpc) is 3.27. The third-order valence-electron chi connectivity index (χ3n) is 6.20. The third kappa shape index (κ3) is 2.59. The van der Waals surface area contributed by atoms with Gasteiger partial charge in [0.25, 0.3) is 5.91 Å². The van der Waals surface area contributed by atoms with Crippen molar-refractivity contribution in [1.82, 2.24) is 14.7 Å². The lowest BCUT2D eigenvalue weighted by molar-refractivity contribution is 0.0758. The van der Waals surface area contributed by atoms with Crippen LogP contribution in [0.5, 0.6) is 0 Å². The first-order valence-corrected chi connectivity index (χ1v) is 9.08. The molecule has 2 heterocycles. The number of fused-ring (bicyclic) bond motifs is 5. The van der Waals surface area contributed by atoms with Crippen LogP contribution in [-0.2, 0) is 11.3 Å². The van der Waals surface area contributed by atoms with Gasteiger partial charge in [0.05, 0.1) is 18.8 Å². The molecule has 4 atom stereocenters. The molecule has 0 radical (unpaired) electrons. The summed E-state index contributed by atoms with van der Waals surface area (Å²) in [6.07, 6.45) is 4.20. The minimum atomic E-state index is 0.163. The van der Waals surface area contributed by atoms with Crippen LogP contribution < -0.4 is 0 Å². The normalized spacial score (nSPS) is 31.8. The van der Waals surface area contributed by atoms with E-state index in [4.69, 9.17) is 4.74 Å². The molecular formula is C18H27N3O2. The lowest BCUT2D eigenvalue weighted by atomic mass is 9.82. The van der Waals surface area contributed by atoms with Crippen molar-refractivity contribution in [2.45, 2.75) is 39.7 Å². The number of carbonyl (C=O) groups is 1. The van der Waals surface area contributed by atoms with Crippen LogP contribution in [0.3, 0.4) is 0 Å². The minimum absolute atomic E-state index is 0.163. The minimum Gasteiger partial charge on any atom is -0.380 e. The molecule has 3 fully saturated rings. The van der Waals surface area contributed by atoms with Gasteiger partial charge in [0, 0.05) is 19.7 Å². The Morgan fingerprint density at radius 3 is 2.65 bits per heavy atom. The highest BCUT2D eigenvalue weighted by molar-refractivity contribution is 5.93. The summed E-state index contributed by atoms with van der Waals surface area (Å²) in [5, 5.41) is 4.48. The molecule has 3 aliphatic rings. The smallest absolute Gasteiger partial charge is 0.272 e. The summed E-state index contributed by atoms with van der Waals surface area (Å²) in [5.74, 6) is 3.45. The molecule has 5 heteroatoms. The summed E-state index contributed by atoms with van der Waals surface area (Å²) in [5.41, 5.74) is 1.64. The fraction of sp³-hybridized carbons (Fsp3) is 0.778. The summed E-state index contributed by atoms with van der Waals surface area (Å²) in [6, 6.07) is 1.93. The van der Waals surface area contributed by atoms with Gasteiger partial charge in [0.1, 0.15) is 5.69 Å². The Hall–Kier alpha value is -1.36. The van der Waals surface area contributed by atoms with E-state index >= 15 is 0 Å². The molecular weight excluding hydrogens is 290 g/mol. The Labute approximate surface area is 138 Å². The number of amides is 1. The lowest BCUT2D eigenvalue weighted by Crippen LogP contribution is -2.32. The number of hydrogen-bond acceptors (Lipinski definition) is 3. The van der Waals surface area contributed by atoms with E-state index in [-0.39, 0.29) is 5.91 Å². The number of carbonyl (C=O) groups excluding carboxylic acids is 1. The molecule has 23 heavy (non-hydrogen) atoms. The highest BCUT2D eigenvalue weighted by Gasteiger charge is 2.52. The lowest BCUT2D eigenvalue weighted by Gasteiger charge is -2.22. The molecule has 0 spiro atoms. The summed E-state index contributed by atoms with van der Waals surface area (Å²) in [6.45, 7) is 7.80. The monoisotopic (exact) mass is 317 g/mol. The van der Waals surface area contributed by atoms with Gasteiger partial charge in [0.2, 0.25) is 0 Å². The first-order chi connectivity index (χ1) is 11.2. The third-order valence-corrected chi connectivity index (χ3v) is 6.20. The van der Waals surface area contributed by atoms with Crippen molar-refractivity contribution in [1.29, 1.82) is 0 Å². The average molecular weight is 317 g/mol. The maximum absolute atomic E-state index is 13.0. The molecule has 0 unspecified atom stereocenters. The molecule has 1 amide bonds. The molecule has 1 saturated heterocycles. The number of likely N-dealkylation sites (tertiary alicyclic amines) is 1. The van der Waals surface area contributed by atoms with Crippen LogP contribution in [0.4, 0.5) is 0 Å². The van der Waals surface area contributed by atoms with Gasteiger partial charge in [0.15, 0.2) is 0 Å². The second kappa shape index (κ2) is 5.93. The molecule has 1 aromatic rings. The Balaban J connectivity index is 1.47. The molecule has 0 N–H and O–H groups in total. The SMILES string of the molecule is CCOCCn1nc(C)cc1C(=O)N1C[C@@H]2[C@@H]3CC[C@@H](C3)[C@@H]2C1. The number of ether oxygens (including phenoxy) is 1. The molecule has 2 bridgehead atoms. The van der Waals surface area contributed by atoms with E-state index in [0.29, 0.717) is 19.8 Å². The van der Waals surface area contributed by atoms with Crippen LogP contribution in [0.1, 0.15) is 42.4 Å². The van der Waals surface area contributed by atoms with Crippen LogP contribution in [0.15, 0.2) is 6.07 Å². The van der Waals surface area contributed by atoms with Crippen molar-refractivity contribution in [2.75, 3.05) is 26.3 Å². The van der Waals surface area contributed by atoms with Crippen molar-refractivity contribution in [3.8, 4) is 0 Å². The second-order valence-electron chi connectivity index (χ2n) is 7.46. The van der Waals surface area contributed by atoms with Crippen molar-refractivity contribution in [3.05, 3.63) is 17.5 Å². The van der Waals surface area contributed by atoms with Crippen LogP contribution in [0.2, 0.25) is 0 Å². The predicted octanol–water partition coefficient (Wildman–Crippen LogP) is 2.35. The van der Waals surface area contributed by atoms with E-state index in [1.54, 1.807) is 0 Å². The van der Waals surface area contributed by atoms with Gasteiger partial charge in [-0.1, -0.05) is 0 Å². The van der Waals surface area contributed by atoms with Crippen LogP contribution in [0, 0.1) is 30.6 Å². The van der Waals surface area contributed by atoms with Gasteiger partial charge in [-0.15, -0.1) is 0 Å². The highest BCUT2D eigenvalue weighted by Crippen LogP contribution is 2.55. The zero-order chi connectivity index (χ0) is 16.0. The van der Waals surface area contributed by atoms with Gasteiger partial charge in [-0.25, -0.2) is 0 Å². The summed E-state index contributed by atoms with van der Waals surface area (Å²) in [7, 11) is 0. The fourth-order valence-corrected chi connectivity index (χ4v) is 5.19. The zero-order valence-corrected chi connectivity index (χ0v) is 14.2. The maximum Gasteiger partial charge on any atom is 0.272 e. The van der Waals surface area contributed by atoms with E-state index < -0.39 is 0 Å². The van der Waals surface area contributed by atoms with Crippen molar-refractivity contribution in [3.63, 3.8) is 0 Å². The standard InChI is InChI=1S/C18H27N3O2/c1-3-23-7-6-21-17(8-12(2)19-21)18(22)20-10-15-13-4-5-14(9-13)16(15)11-20/h8,13-16H,3-7,9-11H2,1-2H3/t13-,14+,15-,16+. The topological polar surface area (TPSA) is 47.4 Å². The highest BCUT2D eigenvalue weighted by atomic mass is 16.5. The molecule has 1 aliphatic heterocycles. The van der Waals surface area contributed by atoms with E-state index in [9.17, 15) is 4.79 Å². The van der Waals surface area contributed by atoms with Crippen molar-refractivity contribution in [2.24, 2.45) is 23.7 Å². The number of rotatable bonds is 5. The van der Waals surface area contributed by atoms with E-state index in [2.05, 4.69) is 10.00 Å². The fourth-order valence-electron chi connectivity index (χ4n) is 5.19. The van der Waals surface area contributed by atoms with Gasteiger partial charge >= 0.3 is 0 Å². The first-order valence-electron chi connectivity index (χ1n) is 9.08. The Morgan fingerprint density at radius 2 is 2.00 bits per heavy atom. The van der Waals surface area contributed by atoms with Crippen molar-refractivity contribution >= 4 is 5.91 Å². The Kier molecular flexibility index (Phi) is 3.92. The van der Waals surface area contributed by atoms with E-state index in [1.165, 1.54) is 19.3 Å². The van der Waals surface area contributed by atoms with E-state index in [0.717, 1.165) is 48.1 Å². The molecule has 126 valence electrons. The Bertz CT molecular complexity index is 579. The molecule has 1 aromatic heterocycles. The van der Waals surface area contributed by atoms with Gasteiger partial charge in [-0.3, -0.25) is 9.48 Å². The molecule has 4 rings (SSSR count). The number of hydrogen-bond donors (Lipinski definition) is 0. The van der Waals surface area contributed by atoms with Crippen molar-refractivity contribution < 1.29 is 9.53 Å². The maximum atomic E-state index is 13.0. The predicted molar refractivity (Wildman–Crippen MR) is 87.2 cm³/mol. The zero-order valence-electron chi connectivity index (χ0n) is 14.2. The van der Waals surface area contributed by atoms with Gasteiger partial charge < -0.3 is 9.64 Å². The number of aromatic nitrogens is 2. The number of nitrogens with zero attached hydrogens (tertiary/aromatic N) is 3. The second-order valence-corrected chi connectivity index (χ2v) is 7.46. The molecule has 2 aliphatic carbocycles. The summed E-state index contributed by atoms with van der Waals surface area (Å²) in [4.78, 5) is 15.1. The van der Waals surface area contributed by atoms with Crippen LogP contribution in [0.25, 0.3) is 0 Å². The molecule has 0 aromatic carbocycles. The van der Waals surface area contributed by atoms with Gasteiger partial charge in [-0.05, 0) is 62.8 Å². The quantitative estimate of drug-likeness (QED) is 0.783. The van der Waals surface area contributed by atoms with E-state index in [1.807, 2.05) is 24.6 Å².